The average molecular weight is 262 g/mol. The van der Waals surface area contributed by atoms with Gasteiger partial charge in [0.1, 0.15) is 11.6 Å². The Morgan fingerprint density at radius 1 is 1.47 bits per heavy atom. The molecule has 3 nitrogen and oxygen atoms in total. The minimum atomic E-state index is -0.230. The number of halogens is 1. The van der Waals surface area contributed by atoms with Crippen molar-refractivity contribution in [2.24, 2.45) is 4.99 Å². The van der Waals surface area contributed by atoms with E-state index in [0.29, 0.717) is 23.6 Å². The summed E-state index contributed by atoms with van der Waals surface area (Å²) < 4.78 is 19.1. The summed E-state index contributed by atoms with van der Waals surface area (Å²) in [5.41, 5.74) is 0.612. The van der Waals surface area contributed by atoms with Gasteiger partial charge < -0.3 is 10.1 Å². The third-order valence-corrected chi connectivity index (χ3v) is 2.45. The zero-order valence-electron chi connectivity index (χ0n) is 11.2. The fourth-order valence-corrected chi connectivity index (χ4v) is 1.54. The molecule has 0 unspecified atom stereocenters. The highest BCUT2D eigenvalue weighted by Crippen LogP contribution is 2.18. The lowest BCUT2D eigenvalue weighted by atomic mass is 10.1. The maximum atomic E-state index is 13.6. The summed E-state index contributed by atoms with van der Waals surface area (Å²) in [5.74, 6) is 0.638. The maximum Gasteiger partial charge on any atom is 0.218 e. The summed E-state index contributed by atoms with van der Waals surface area (Å²) in [4.78, 5) is 3.90. The Morgan fingerprint density at radius 3 is 2.89 bits per heavy atom. The number of aliphatic imine (C=N–C) groups is 1. The van der Waals surface area contributed by atoms with Gasteiger partial charge in [0.15, 0.2) is 0 Å². The minimum absolute atomic E-state index is 0.230. The van der Waals surface area contributed by atoms with E-state index in [4.69, 9.17) is 4.74 Å². The molecule has 0 spiro atoms. The Hall–Kier alpha value is -1.94. The van der Waals surface area contributed by atoms with Crippen LogP contribution in [0.3, 0.4) is 0 Å². The summed E-state index contributed by atoms with van der Waals surface area (Å²) >= 11 is 0. The molecule has 0 aliphatic rings. The third-order valence-electron chi connectivity index (χ3n) is 2.45. The number of rotatable bonds is 7. The molecular formula is C15H19FN2O. The molecule has 0 amide bonds. The summed E-state index contributed by atoms with van der Waals surface area (Å²) in [5, 5.41) is 3.16. The fraction of sp³-hybridized carbons (Fsp3) is 0.267. The second-order valence-electron chi connectivity index (χ2n) is 3.81. The molecule has 1 rings (SSSR count). The zero-order chi connectivity index (χ0) is 14.1. The Kier molecular flexibility index (Phi) is 6.53. The first-order valence-electron chi connectivity index (χ1n) is 6.19. The van der Waals surface area contributed by atoms with Crippen LogP contribution >= 0.6 is 0 Å². The van der Waals surface area contributed by atoms with Crippen LogP contribution < -0.4 is 10.1 Å². The second kappa shape index (κ2) is 8.21. The van der Waals surface area contributed by atoms with E-state index in [9.17, 15) is 4.39 Å². The molecule has 0 saturated heterocycles. The van der Waals surface area contributed by atoms with Gasteiger partial charge in [-0.05, 0) is 49.3 Å². The largest absolute Gasteiger partial charge is 0.439 e. The predicted molar refractivity (Wildman–Crippen MR) is 77.1 cm³/mol. The van der Waals surface area contributed by atoms with E-state index in [-0.39, 0.29) is 5.82 Å². The normalized spacial score (nSPS) is 11.2. The molecule has 102 valence electrons. The molecule has 1 aromatic carbocycles. The molecule has 0 fully saturated rings. The van der Waals surface area contributed by atoms with Crippen LogP contribution in [0, 0.1) is 5.82 Å². The number of benzene rings is 1. The first kappa shape index (κ1) is 15.1. The van der Waals surface area contributed by atoms with Gasteiger partial charge in [-0.3, -0.25) is 0 Å². The highest BCUT2D eigenvalue weighted by Gasteiger charge is 2.05. The van der Waals surface area contributed by atoms with Crippen molar-refractivity contribution in [2.75, 3.05) is 13.1 Å². The van der Waals surface area contributed by atoms with Gasteiger partial charge in [-0.25, -0.2) is 9.38 Å². The molecule has 0 aliphatic heterocycles. The van der Waals surface area contributed by atoms with E-state index in [1.165, 1.54) is 18.3 Å². The van der Waals surface area contributed by atoms with Crippen molar-refractivity contribution in [2.45, 2.75) is 13.3 Å². The van der Waals surface area contributed by atoms with Gasteiger partial charge in [0, 0.05) is 6.20 Å². The minimum Gasteiger partial charge on any atom is -0.439 e. The van der Waals surface area contributed by atoms with E-state index in [0.717, 1.165) is 13.1 Å². The molecule has 0 heterocycles. The van der Waals surface area contributed by atoms with Crippen molar-refractivity contribution in [3.63, 3.8) is 0 Å². The summed E-state index contributed by atoms with van der Waals surface area (Å²) in [6.45, 7) is 10.7. The van der Waals surface area contributed by atoms with Gasteiger partial charge in [0.2, 0.25) is 5.90 Å². The van der Waals surface area contributed by atoms with E-state index >= 15 is 0 Å². The van der Waals surface area contributed by atoms with Crippen LogP contribution in [0.25, 0.3) is 0 Å². The van der Waals surface area contributed by atoms with Gasteiger partial charge in [-0.2, -0.15) is 0 Å². The number of nitrogens with zero attached hydrogens (tertiary/aromatic N) is 1. The Morgan fingerprint density at radius 2 is 2.26 bits per heavy atom. The van der Waals surface area contributed by atoms with Crippen molar-refractivity contribution < 1.29 is 9.13 Å². The summed E-state index contributed by atoms with van der Waals surface area (Å²) in [7, 11) is 0. The van der Waals surface area contributed by atoms with Crippen molar-refractivity contribution in [3.8, 4) is 5.75 Å². The number of hydrogen-bond donors (Lipinski definition) is 1. The molecular weight excluding hydrogens is 243 g/mol. The molecule has 0 aromatic heterocycles. The number of hydrogen-bond acceptors (Lipinski definition) is 3. The molecule has 0 bridgehead atoms. The zero-order valence-corrected chi connectivity index (χ0v) is 11.2. The molecule has 4 heteroatoms. The van der Waals surface area contributed by atoms with Crippen LogP contribution in [0.4, 0.5) is 4.39 Å². The topological polar surface area (TPSA) is 33.6 Å². The first-order valence-corrected chi connectivity index (χ1v) is 6.19. The molecule has 1 N–H and O–H groups in total. The van der Waals surface area contributed by atoms with Crippen molar-refractivity contribution in [1.29, 1.82) is 0 Å². The Labute approximate surface area is 113 Å². The Balaban J connectivity index is 2.80. The van der Waals surface area contributed by atoms with Crippen molar-refractivity contribution in [3.05, 3.63) is 55.0 Å². The molecule has 1 aromatic rings. The van der Waals surface area contributed by atoms with Crippen molar-refractivity contribution in [1.82, 2.24) is 5.32 Å². The van der Waals surface area contributed by atoms with Crippen LogP contribution in [0.15, 0.2) is 48.6 Å². The SMILES string of the molecule is C=CN=C(C=C)Oc1ccc(F)c(CCNCC)c1. The highest BCUT2D eigenvalue weighted by atomic mass is 19.1. The van der Waals surface area contributed by atoms with Crippen LogP contribution in [0.1, 0.15) is 12.5 Å². The lowest BCUT2D eigenvalue weighted by Gasteiger charge is -2.08. The van der Waals surface area contributed by atoms with E-state index in [2.05, 4.69) is 23.5 Å². The van der Waals surface area contributed by atoms with E-state index in [1.54, 1.807) is 12.1 Å². The number of likely N-dealkylation sites (N-methyl/N-ethyl adjacent to an activating group) is 1. The monoisotopic (exact) mass is 262 g/mol. The van der Waals surface area contributed by atoms with Gasteiger partial charge >= 0.3 is 0 Å². The van der Waals surface area contributed by atoms with Gasteiger partial charge in [-0.15, -0.1) is 0 Å². The van der Waals surface area contributed by atoms with Crippen LogP contribution in [0.2, 0.25) is 0 Å². The van der Waals surface area contributed by atoms with Crippen LogP contribution in [-0.2, 0) is 6.42 Å². The molecule has 19 heavy (non-hydrogen) atoms. The van der Waals surface area contributed by atoms with Gasteiger partial charge in [0.25, 0.3) is 0 Å². The maximum absolute atomic E-state index is 13.6. The van der Waals surface area contributed by atoms with E-state index < -0.39 is 0 Å². The van der Waals surface area contributed by atoms with Gasteiger partial charge in [-0.1, -0.05) is 20.1 Å². The molecule has 0 atom stereocenters. The van der Waals surface area contributed by atoms with Crippen LogP contribution in [-0.4, -0.2) is 19.0 Å². The average Bonchev–Trinajstić information content (AvgIpc) is 2.42. The lowest BCUT2D eigenvalue weighted by molar-refractivity contribution is 0.545. The third kappa shape index (κ3) is 5.06. The standard InChI is InChI=1S/C15H19FN2O/c1-4-15(18-6-3)19-13-7-8-14(16)12(11-13)9-10-17-5-2/h4,6-8,11,17H,1,3,5,9-10H2,2H3. The predicted octanol–water partition coefficient (Wildman–Crippen LogP) is 3.08. The quantitative estimate of drug-likeness (QED) is 0.465. The number of nitrogens with one attached hydrogen (secondary N) is 1. The van der Waals surface area contributed by atoms with Gasteiger partial charge in [0.05, 0.1) is 0 Å². The summed E-state index contributed by atoms with van der Waals surface area (Å²) in [6, 6.07) is 4.63. The van der Waals surface area contributed by atoms with Crippen LogP contribution in [0.5, 0.6) is 5.75 Å². The summed E-state index contributed by atoms with van der Waals surface area (Å²) in [6.07, 6.45) is 3.45. The number of ether oxygens (including phenoxy) is 1. The first-order chi connectivity index (χ1) is 9.21. The molecule has 0 radical (unpaired) electrons. The fourth-order valence-electron chi connectivity index (χ4n) is 1.54. The highest BCUT2D eigenvalue weighted by molar-refractivity contribution is 5.89. The van der Waals surface area contributed by atoms with Crippen molar-refractivity contribution >= 4 is 5.90 Å². The smallest absolute Gasteiger partial charge is 0.218 e. The van der Waals surface area contributed by atoms with E-state index in [1.807, 2.05) is 6.92 Å². The lowest BCUT2D eigenvalue weighted by Crippen LogP contribution is -2.16. The molecule has 0 aliphatic carbocycles. The second-order valence-corrected chi connectivity index (χ2v) is 3.81. The Bertz CT molecular complexity index is 469. The molecule has 0 saturated carbocycles.